The van der Waals surface area contributed by atoms with Crippen molar-refractivity contribution in [2.24, 2.45) is 0 Å². The molecule has 1 aromatic carbocycles. The lowest BCUT2D eigenvalue weighted by atomic mass is 10.0. The van der Waals surface area contributed by atoms with E-state index in [0.717, 1.165) is 17.8 Å². The molecule has 0 aromatic heterocycles. The van der Waals surface area contributed by atoms with Crippen molar-refractivity contribution in [1.29, 1.82) is 0 Å². The summed E-state index contributed by atoms with van der Waals surface area (Å²) in [5, 5.41) is 0. The quantitative estimate of drug-likeness (QED) is 0.606. The number of ketones is 1. The molecule has 0 fully saturated rings. The minimum absolute atomic E-state index is 0.195. The maximum Gasteiger partial charge on any atom is 0.166 e. The molecule has 1 aliphatic rings. The minimum atomic E-state index is 0.195. The molecule has 0 unspecified atom stereocenters. The van der Waals surface area contributed by atoms with Gasteiger partial charge in [0.2, 0.25) is 0 Å². The number of fused-ring (bicyclic) bond motifs is 1. The number of rotatable bonds is 0. The number of nitrogens with zero attached hydrogens (tertiary/aromatic N) is 1. The van der Waals surface area contributed by atoms with Gasteiger partial charge in [-0.2, -0.15) is 0 Å². The zero-order valence-electron chi connectivity index (χ0n) is 7.58. The second-order valence-electron chi connectivity index (χ2n) is 3.37. The van der Waals surface area contributed by atoms with E-state index in [-0.39, 0.29) is 5.78 Å². The Morgan fingerprint density at radius 3 is 3.00 bits per heavy atom. The number of hydrogen-bond acceptors (Lipinski definition) is 3. The van der Waals surface area contributed by atoms with Crippen LogP contribution in [0.2, 0.25) is 0 Å². The van der Waals surface area contributed by atoms with Gasteiger partial charge >= 0.3 is 0 Å². The SMILES string of the molecule is CN1CCC(=O)c2cc(N)ccc21. The summed E-state index contributed by atoms with van der Waals surface area (Å²) in [4.78, 5) is 13.6. The highest BCUT2D eigenvalue weighted by Gasteiger charge is 2.20. The van der Waals surface area contributed by atoms with Crippen LogP contribution in [0, 0.1) is 0 Å². The van der Waals surface area contributed by atoms with Gasteiger partial charge in [0.25, 0.3) is 0 Å². The number of benzene rings is 1. The van der Waals surface area contributed by atoms with E-state index < -0.39 is 0 Å². The average Bonchev–Trinajstić information content (AvgIpc) is 2.12. The van der Waals surface area contributed by atoms with Gasteiger partial charge in [-0.1, -0.05) is 0 Å². The number of anilines is 2. The van der Waals surface area contributed by atoms with Crippen molar-refractivity contribution in [2.45, 2.75) is 6.42 Å². The molecular formula is C10H12N2O. The molecule has 0 spiro atoms. The Morgan fingerprint density at radius 1 is 1.46 bits per heavy atom. The molecule has 3 heteroatoms. The van der Waals surface area contributed by atoms with Gasteiger partial charge in [0.1, 0.15) is 0 Å². The van der Waals surface area contributed by atoms with Crippen LogP contribution < -0.4 is 10.6 Å². The fourth-order valence-corrected chi connectivity index (χ4v) is 1.63. The molecule has 1 aromatic rings. The van der Waals surface area contributed by atoms with Crippen molar-refractivity contribution in [2.75, 3.05) is 24.2 Å². The molecule has 68 valence electrons. The van der Waals surface area contributed by atoms with E-state index in [1.807, 2.05) is 19.2 Å². The summed E-state index contributed by atoms with van der Waals surface area (Å²) in [6.45, 7) is 0.801. The summed E-state index contributed by atoms with van der Waals surface area (Å²) in [6, 6.07) is 5.49. The van der Waals surface area contributed by atoms with Crippen LogP contribution in [0.1, 0.15) is 16.8 Å². The van der Waals surface area contributed by atoms with Crippen molar-refractivity contribution in [3.05, 3.63) is 23.8 Å². The number of hydrogen-bond donors (Lipinski definition) is 1. The first kappa shape index (κ1) is 8.10. The first-order valence-corrected chi connectivity index (χ1v) is 4.32. The second kappa shape index (κ2) is 2.76. The molecule has 0 saturated carbocycles. The third-order valence-corrected chi connectivity index (χ3v) is 2.41. The summed E-state index contributed by atoms with van der Waals surface area (Å²) in [5.74, 6) is 0.195. The average molecular weight is 176 g/mol. The topological polar surface area (TPSA) is 46.3 Å². The van der Waals surface area contributed by atoms with E-state index in [0.29, 0.717) is 12.1 Å². The van der Waals surface area contributed by atoms with E-state index in [1.54, 1.807) is 6.07 Å². The standard InChI is InChI=1S/C10H12N2O/c1-12-5-4-10(13)8-6-7(11)2-3-9(8)12/h2-3,6H,4-5,11H2,1H3. The summed E-state index contributed by atoms with van der Waals surface area (Å²) in [7, 11) is 1.99. The van der Waals surface area contributed by atoms with Gasteiger partial charge < -0.3 is 10.6 Å². The summed E-state index contributed by atoms with van der Waals surface area (Å²) in [6.07, 6.45) is 0.590. The molecule has 13 heavy (non-hydrogen) atoms. The Hall–Kier alpha value is -1.51. The fourth-order valence-electron chi connectivity index (χ4n) is 1.63. The lowest BCUT2D eigenvalue weighted by Crippen LogP contribution is -2.28. The maximum absolute atomic E-state index is 11.5. The molecule has 0 bridgehead atoms. The highest BCUT2D eigenvalue weighted by Crippen LogP contribution is 2.27. The summed E-state index contributed by atoms with van der Waals surface area (Å²) >= 11 is 0. The van der Waals surface area contributed by atoms with Gasteiger partial charge in [0, 0.05) is 37.0 Å². The van der Waals surface area contributed by atoms with Crippen LogP contribution in [-0.4, -0.2) is 19.4 Å². The first-order valence-electron chi connectivity index (χ1n) is 4.32. The Kier molecular flexibility index (Phi) is 1.72. The smallest absolute Gasteiger partial charge is 0.166 e. The van der Waals surface area contributed by atoms with Crippen molar-refractivity contribution in [3.63, 3.8) is 0 Å². The van der Waals surface area contributed by atoms with Gasteiger partial charge in [0.15, 0.2) is 5.78 Å². The molecule has 2 N–H and O–H groups in total. The second-order valence-corrected chi connectivity index (χ2v) is 3.37. The molecule has 0 radical (unpaired) electrons. The lowest BCUT2D eigenvalue weighted by molar-refractivity contribution is 0.0980. The summed E-state index contributed by atoms with van der Waals surface area (Å²) in [5.41, 5.74) is 8.02. The van der Waals surface area contributed by atoms with Crippen LogP contribution in [0.15, 0.2) is 18.2 Å². The van der Waals surface area contributed by atoms with Crippen LogP contribution in [-0.2, 0) is 0 Å². The Bertz CT molecular complexity index is 360. The number of carbonyl (C=O) groups excluding carboxylic acids is 1. The minimum Gasteiger partial charge on any atom is -0.399 e. The third-order valence-electron chi connectivity index (χ3n) is 2.41. The van der Waals surface area contributed by atoms with E-state index in [2.05, 4.69) is 4.90 Å². The molecule has 0 saturated heterocycles. The van der Waals surface area contributed by atoms with Crippen molar-refractivity contribution >= 4 is 17.2 Å². The Labute approximate surface area is 77.1 Å². The molecular weight excluding hydrogens is 164 g/mol. The van der Waals surface area contributed by atoms with Crippen LogP contribution in [0.5, 0.6) is 0 Å². The lowest BCUT2D eigenvalue weighted by Gasteiger charge is -2.26. The van der Waals surface area contributed by atoms with Crippen LogP contribution in [0.3, 0.4) is 0 Å². The van der Waals surface area contributed by atoms with E-state index in [9.17, 15) is 4.79 Å². The Balaban J connectivity index is 2.57. The third kappa shape index (κ3) is 1.26. The maximum atomic E-state index is 11.5. The predicted octanol–water partition coefficient (Wildman–Crippen LogP) is 1.29. The largest absolute Gasteiger partial charge is 0.399 e. The fraction of sp³-hybridized carbons (Fsp3) is 0.300. The van der Waals surface area contributed by atoms with Gasteiger partial charge in [-0.25, -0.2) is 0 Å². The number of nitrogens with two attached hydrogens (primary N) is 1. The molecule has 1 heterocycles. The van der Waals surface area contributed by atoms with E-state index >= 15 is 0 Å². The molecule has 3 nitrogen and oxygen atoms in total. The van der Waals surface area contributed by atoms with Crippen molar-refractivity contribution in [3.8, 4) is 0 Å². The molecule has 0 atom stereocenters. The van der Waals surface area contributed by atoms with Crippen molar-refractivity contribution in [1.82, 2.24) is 0 Å². The van der Waals surface area contributed by atoms with Crippen LogP contribution >= 0.6 is 0 Å². The monoisotopic (exact) mass is 176 g/mol. The molecule has 1 aliphatic heterocycles. The highest BCUT2D eigenvalue weighted by molar-refractivity contribution is 6.04. The van der Waals surface area contributed by atoms with Gasteiger partial charge in [0.05, 0.1) is 0 Å². The first-order chi connectivity index (χ1) is 6.18. The van der Waals surface area contributed by atoms with Crippen molar-refractivity contribution < 1.29 is 4.79 Å². The zero-order chi connectivity index (χ0) is 9.42. The van der Waals surface area contributed by atoms with Crippen LogP contribution in [0.25, 0.3) is 0 Å². The normalized spacial score (nSPS) is 15.8. The van der Waals surface area contributed by atoms with Crippen LogP contribution in [0.4, 0.5) is 11.4 Å². The zero-order valence-corrected chi connectivity index (χ0v) is 7.58. The van der Waals surface area contributed by atoms with Gasteiger partial charge in [-0.3, -0.25) is 4.79 Å². The predicted molar refractivity (Wildman–Crippen MR) is 53.1 cm³/mol. The van der Waals surface area contributed by atoms with Gasteiger partial charge in [-0.05, 0) is 18.2 Å². The highest BCUT2D eigenvalue weighted by atomic mass is 16.1. The van der Waals surface area contributed by atoms with Gasteiger partial charge in [-0.15, -0.1) is 0 Å². The molecule has 0 aliphatic carbocycles. The Morgan fingerprint density at radius 2 is 2.23 bits per heavy atom. The molecule has 2 rings (SSSR count). The van der Waals surface area contributed by atoms with E-state index in [1.165, 1.54) is 0 Å². The van der Waals surface area contributed by atoms with E-state index in [4.69, 9.17) is 5.73 Å². The molecule has 0 amide bonds. The number of Topliss-reactive ketones (excluding diaryl/α,β-unsaturated/α-hetero) is 1. The number of nitrogen functional groups attached to an aromatic ring is 1. The summed E-state index contributed by atoms with van der Waals surface area (Å²) < 4.78 is 0. The number of carbonyl (C=O) groups is 1.